The first kappa shape index (κ1) is 8.94. The van der Waals surface area contributed by atoms with E-state index in [-0.39, 0.29) is 0 Å². The summed E-state index contributed by atoms with van der Waals surface area (Å²) >= 11 is 0. The summed E-state index contributed by atoms with van der Waals surface area (Å²) in [7, 11) is 5.46. The molecule has 0 amide bonds. The number of nitrogens with zero attached hydrogens (tertiary/aromatic N) is 1. The van der Waals surface area contributed by atoms with Crippen LogP contribution in [0.1, 0.15) is 0 Å². The molecule has 1 aromatic heterocycles. The number of para-hydroxylation sites is 1. The van der Waals surface area contributed by atoms with Crippen LogP contribution < -0.4 is 10.7 Å². The number of hydrogen-bond donors (Lipinski definition) is 0. The molecule has 13 heavy (non-hydrogen) atoms. The first-order valence-electron chi connectivity index (χ1n) is 4.07. The fourth-order valence-electron chi connectivity index (χ4n) is 1.27. The maximum Gasteiger partial charge on any atom is 0.0468 e. The van der Waals surface area contributed by atoms with Crippen LogP contribution in [0.25, 0.3) is 5.69 Å². The Morgan fingerprint density at radius 3 is 2.15 bits per heavy atom. The Bertz CT molecular complexity index is 406. The zero-order chi connectivity index (χ0) is 9.26. The Kier molecular flexibility index (Phi) is 2.49. The van der Waals surface area contributed by atoms with E-state index in [4.69, 9.17) is 0 Å². The Balaban J connectivity index is 2.53. The van der Waals surface area contributed by atoms with Crippen molar-refractivity contribution in [2.45, 2.75) is 0 Å². The highest BCUT2D eigenvalue weighted by Crippen LogP contribution is 2.07. The van der Waals surface area contributed by atoms with Crippen molar-refractivity contribution in [3.63, 3.8) is 0 Å². The molecule has 0 saturated heterocycles. The summed E-state index contributed by atoms with van der Waals surface area (Å²) in [4.78, 5) is 0. The van der Waals surface area contributed by atoms with Gasteiger partial charge >= 0.3 is 0 Å². The molecular weight excluding hydrogens is 196 g/mol. The van der Waals surface area contributed by atoms with Gasteiger partial charge in [-0.1, -0.05) is 27.4 Å². The van der Waals surface area contributed by atoms with Gasteiger partial charge in [-0.25, -0.2) is 0 Å². The van der Waals surface area contributed by atoms with Gasteiger partial charge in [0.25, 0.3) is 0 Å². The fraction of sp³-hybridized carbons (Fsp3) is 0. The molecule has 1 heterocycles. The molecule has 0 aliphatic carbocycles. The number of aromatic nitrogens is 1. The van der Waals surface area contributed by atoms with Gasteiger partial charge in [0.15, 0.2) is 0 Å². The van der Waals surface area contributed by atoms with Crippen molar-refractivity contribution in [2.24, 2.45) is 0 Å². The SMILES string of the molecule is Pc1ccn(-c2ccccc2)c1P. The van der Waals surface area contributed by atoms with E-state index < -0.39 is 0 Å². The normalized spacial score (nSPS) is 10.3. The summed E-state index contributed by atoms with van der Waals surface area (Å²) in [6, 6.07) is 12.4. The third kappa shape index (κ3) is 1.68. The highest BCUT2D eigenvalue weighted by molar-refractivity contribution is 7.35. The van der Waals surface area contributed by atoms with Crippen molar-refractivity contribution < 1.29 is 0 Å². The van der Waals surface area contributed by atoms with E-state index in [2.05, 4.69) is 47.4 Å². The van der Waals surface area contributed by atoms with Crippen molar-refractivity contribution in [1.29, 1.82) is 0 Å². The van der Waals surface area contributed by atoms with Gasteiger partial charge in [-0.15, -0.1) is 9.24 Å². The molecule has 0 aliphatic heterocycles. The van der Waals surface area contributed by atoms with Gasteiger partial charge in [0.2, 0.25) is 0 Å². The van der Waals surface area contributed by atoms with E-state index >= 15 is 0 Å². The highest BCUT2D eigenvalue weighted by Gasteiger charge is 2.01. The van der Waals surface area contributed by atoms with Gasteiger partial charge in [0.05, 0.1) is 0 Å². The molecule has 0 aliphatic rings. The maximum atomic E-state index is 2.75. The van der Waals surface area contributed by atoms with Crippen molar-refractivity contribution in [2.75, 3.05) is 0 Å². The van der Waals surface area contributed by atoms with Crippen LogP contribution in [0.4, 0.5) is 0 Å². The zero-order valence-electron chi connectivity index (χ0n) is 7.14. The lowest BCUT2D eigenvalue weighted by atomic mass is 10.3. The maximum absolute atomic E-state index is 2.75. The van der Waals surface area contributed by atoms with Gasteiger partial charge in [-0.05, 0) is 23.5 Å². The minimum absolute atomic E-state index is 1.19. The number of hydrogen-bond acceptors (Lipinski definition) is 0. The quantitative estimate of drug-likeness (QED) is 0.624. The lowest BCUT2D eigenvalue weighted by Gasteiger charge is -2.05. The molecule has 2 atom stereocenters. The van der Waals surface area contributed by atoms with E-state index in [9.17, 15) is 0 Å². The standard InChI is InChI=1S/C10H11NP2/c12-9-6-7-11(10(9)13)8-4-2-1-3-5-8/h1-7H,12-13H2. The Morgan fingerprint density at radius 2 is 1.62 bits per heavy atom. The van der Waals surface area contributed by atoms with Gasteiger partial charge in [-0.2, -0.15) is 0 Å². The predicted octanol–water partition coefficient (Wildman–Crippen LogP) is 1.48. The van der Waals surface area contributed by atoms with E-state index in [1.165, 1.54) is 16.4 Å². The van der Waals surface area contributed by atoms with Crippen LogP contribution in [0, 0.1) is 0 Å². The Labute approximate surface area is 82.6 Å². The molecule has 0 bridgehead atoms. The molecule has 2 aromatic rings. The average molecular weight is 207 g/mol. The minimum atomic E-state index is 1.19. The topological polar surface area (TPSA) is 4.93 Å². The monoisotopic (exact) mass is 207 g/mol. The van der Waals surface area contributed by atoms with E-state index in [0.29, 0.717) is 0 Å². The van der Waals surface area contributed by atoms with Crippen LogP contribution in [0.15, 0.2) is 42.6 Å². The van der Waals surface area contributed by atoms with Crippen LogP contribution in [-0.4, -0.2) is 4.57 Å². The van der Waals surface area contributed by atoms with Crippen LogP contribution in [-0.2, 0) is 0 Å². The van der Waals surface area contributed by atoms with E-state index in [1.54, 1.807) is 0 Å². The second-order valence-corrected chi connectivity index (χ2v) is 4.03. The van der Waals surface area contributed by atoms with Crippen LogP contribution >= 0.6 is 18.5 Å². The summed E-state index contributed by atoms with van der Waals surface area (Å²) in [5.74, 6) is 0. The summed E-state index contributed by atoms with van der Waals surface area (Å²) < 4.78 is 2.15. The summed E-state index contributed by atoms with van der Waals surface area (Å²) in [6.45, 7) is 0. The Morgan fingerprint density at radius 1 is 0.923 bits per heavy atom. The van der Waals surface area contributed by atoms with Crippen LogP contribution in [0.2, 0.25) is 0 Å². The van der Waals surface area contributed by atoms with Crippen LogP contribution in [0.5, 0.6) is 0 Å². The predicted molar refractivity (Wildman–Crippen MR) is 64.5 cm³/mol. The minimum Gasteiger partial charge on any atom is -0.317 e. The first-order valence-corrected chi connectivity index (χ1v) is 5.22. The summed E-state index contributed by atoms with van der Waals surface area (Å²) in [5.41, 5.74) is 2.39. The Hall–Kier alpha value is -0.640. The highest BCUT2D eigenvalue weighted by atomic mass is 31.0. The molecule has 0 saturated carbocycles. The second-order valence-electron chi connectivity index (χ2n) is 2.86. The van der Waals surface area contributed by atoms with Gasteiger partial charge in [0.1, 0.15) is 0 Å². The van der Waals surface area contributed by atoms with Crippen molar-refractivity contribution in [3.8, 4) is 5.69 Å². The lowest BCUT2D eigenvalue weighted by Crippen LogP contribution is -2.15. The lowest BCUT2D eigenvalue weighted by molar-refractivity contribution is 1.12. The smallest absolute Gasteiger partial charge is 0.0468 e. The van der Waals surface area contributed by atoms with E-state index in [0.717, 1.165) is 0 Å². The van der Waals surface area contributed by atoms with Gasteiger partial charge < -0.3 is 4.57 Å². The van der Waals surface area contributed by atoms with Gasteiger partial charge in [0, 0.05) is 17.3 Å². The van der Waals surface area contributed by atoms with Crippen molar-refractivity contribution in [1.82, 2.24) is 4.57 Å². The molecule has 2 unspecified atom stereocenters. The molecule has 1 nitrogen and oxygen atoms in total. The van der Waals surface area contributed by atoms with Crippen LogP contribution in [0.3, 0.4) is 0 Å². The zero-order valence-corrected chi connectivity index (χ0v) is 9.45. The third-order valence-electron chi connectivity index (χ3n) is 1.99. The first-order chi connectivity index (χ1) is 6.29. The molecule has 0 radical (unpaired) electrons. The molecule has 3 heteroatoms. The van der Waals surface area contributed by atoms with Crippen molar-refractivity contribution >= 4 is 29.2 Å². The molecule has 0 spiro atoms. The second kappa shape index (κ2) is 3.62. The molecule has 0 fully saturated rings. The largest absolute Gasteiger partial charge is 0.317 e. The third-order valence-corrected chi connectivity index (χ3v) is 3.43. The fourth-order valence-corrected chi connectivity index (χ4v) is 1.83. The molecule has 2 rings (SSSR count). The molecule has 0 N–H and O–H groups in total. The molecule has 1 aromatic carbocycles. The number of rotatable bonds is 1. The van der Waals surface area contributed by atoms with Gasteiger partial charge in [-0.3, -0.25) is 0 Å². The average Bonchev–Trinajstić information content (AvgIpc) is 2.49. The van der Waals surface area contributed by atoms with Crippen molar-refractivity contribution in [3.05, 3.63) is 42.6 Å². The molecular formula is C10H11NP2. The summed E-state index contributed by atoms with van der Waals surface area (Å²) in [5, 5.41) is 1.22. The number of benzene rings is 1. The summed E-state index contributed by atoms with van der Waals surface area (Å²) in [6.07, 6.45) is 2.07. The van der Waals surface area contributed by atoms with E-state index in [1.807, 2.05) is 18.2 Å². The molecule has 66 valence electrons.